The Morgan fingerprint density at radius 1 is 0.542 bits per heavy atom. The summed E-state index contributed by atoms with van der Waals surface area (Å²) in [5.74, 6) is 0.705. The van der Waals surface area contributed by atoms with E-state index in [0.717, 1.165) is 10.9 Å². The number of benzene rings is 4. The molecule has 24 heavy (non-hydrogen) atoms. The summed E-state index contributed by atoms with van der Waals surface area (Å²) in [5, 5.41) is 7.32. The minimum atomic E-state index is 0.705. The highest BCUT2D eigenvalue weighted by Crippen LogP contribution is 2.35. The van der Waals surface area contributed by atoms with Gasteiger partial charge in [-0.15, -0.1) is 0 Å². The minimum Gasteiger partial charge on any atom is -0.237 e. The first-order chi connectivity index (χ1) is 11.9. The van der Waals surface area contributed by atoms with Gasteiger partial charge in [-0.25, -0.2) is 9.97 Å². The molecule has 0 saturated heterocycles. The fourth-order valence-electron chi connectivity index (χ4n) is 3.39. The van der Waals surface area contributed by atoms with Gasteiger partial charge in [0.25, 0.3) is 0 Å². The van der Waals surface area contributed by atoms with Crippen LogP contribution in [0.5, 0.6) is 0 Å². The summed E-state index contributed by atoms with van der Waals surface area (Å²) in [5.41, 5.74) is 0.920. The van der Waals surface area contributed by atoms with Crippen LogP contribution in [0.25, 0.3) is 43.7 Å². The lowest BCUT2D eigenvalue weighted by Gasteiger charge is -2.11. The number of hydrogen-bond donors (Lipinski definition) is 0. The SMILES string of the molecule is [c]1c(-c2ncccn2)ccc2c1c1ccccc1c1ccccc21. The zero-order valence-electron chi connectivity index (χ0n) is 12.9. The van der Waals surface area contributed by atoms with Crippen molar-refractivity contribution < 1.29 is 0 Å². The Bertz CT molecular complexity index is 1160. The molecule has 0 N–H and O–H groups in total. The predicted octanol–water partition coefficient (Wildman–Crippen LogP) is 5.40. The maximum Gasteiger partial charge on any atom is 0.159 e. The van der Waals surface area contributed by atoms with E-state index in [2.05, 4.69) is 76.7 Å². The molecule has 0 aliphatic carbocycles. The highest BCUT2D eigenvalue weighted by atomic mass is 14.8. The lowest BCUT2D eigenvalue weighted by molar-refractivity contribution is 1.18. The molecule has 0 atom stereocenters. The largest absolute Gasteiger partial charge is 0.237 e. The molecule has 0 bridgehead atoms. The van der Waals surface area contributed by atoms with Crippen LogP contribution in [-0.2, 0) is 0 Å². The first kappa shape index (κ1) is 13.2. The average molecular weight is 305 g/mol. The molecule has 5 aromatic rings. The summed E-state index contributed by atoms with van der Waals surface area (Å²) >= 11 is 0. The van der Waals surface area contributed by atoms with Gasteiger partial charge in [0.15, 0.2) is 5.82 Å². The van der Waals surface area contributed by atoms with Gasteiger partial charge in [0, 0.05) is 24.0 Å². The average Bonchev–Trinajstić information content (AvgIpc) is 2.68. The van der Waals surface area contributed by atoms with Crippen molar-refractivity contribution in [3.05, 3.63) is 85.2 Å². The Labute approximate surface area is 139 Å². The molecule has 1 radical (unpaired) electrons. The Morgan fingerprint density at radius 2 is 1.08 bits per heavy atom. The molecular weight excluding hydrogens is 292 g/mol. The molecule has 111 valence electrons. The number of hydrogen-bond acceptors (Lipinski definition) is 2. The number of aromatic nitrogens is 2. The van der Waals surface area contributed by atoms with Gasteiger partial charge in [-0.3, -0.25) is 0 Å². The van der Waals surface area contributed by atoms with Crippen LogP contribution in [0.2, 0.25) is 0 Å². The van der Waals surface area contributed by atoms with E-state index in [4.69, 9.17) is 0 Å². The second-order valence-electron chi connectivity index (χ2n) is 5.82. The summed E-state index contributed by atoms with van der Waals surface area (Å²) in [6.07, 6.45) is 3.53. The Kier molecular flexibility index (Phi) is 2.83. The number of nitrogens with zero attached hydrogens (tertiary/aromatic N) is 2. The fourth-order valence-corrected chi connectivity index (χ4v) is 3.39. The molecule has 0 spiro atoms. The van der Waals surface area contributed by atoms with E-state index in [0.29, 0.717) is 5.82 Å². The first-order valence-electron chi connectivity index (χ1n) is 7.95. The molecule has 1 aromatic heterocycles. The van der Waals surface area contributed by atoms with Gasteiger partial charge in [-0.1, -0.05) is 54.6 Å². The van der Waals surface area contributed by atoms with Crippen molar-refractivity contribution >= 4 is 32.3 Å². The summed E-state index contributed by atoms with van der Waals surface area (Å²) in [6.45, 7) is 0. The second kappa shape index (κ2) is 5.14. The van der Waals surface area contributed by atoms with E-state index >= 15 is 0 Å². The quantitative estimate of drug-likeness (QED) is 0.387. The van der Waals surface area contributed by atoms with E-state index in [1.54, 1.807) is 12.4 Å². The highest BCUT2D eigenvalue weighted by molar-refractivity contribution is 6.25. The van der Waals surface area contributed by atoms with Crippen LogP contribution in [0, 0.1) is 6.07 Å². The third-order valence-electron chi connectivity index (χ3n) is 4.46. The topological polar surface area (TPSA) is 25.8 Å². The van der Waals surface area contributed by atoms with Crippen molar-refractivity contribution in [3.63, 3.8) is 0 Å². The zero-order valence-corrected chi connectivity index (χ0v) is 12.9. The van der Waals surface area contributed by atoms with E-state index in [9.17, 15) is 0 Å². The lowest BCUT2D eigenvalue weighted by Crippen LogP contribution is -1.89. The van der Waals surface area contributed by atoms with Gasteiger partial charge in [-0.2, -0.15) is 0 Å². The molecule has 0 aliphatic rings. The number of rotatable bonds is 1. The van der Waals surface area contributed by atoms with Crippen LogP contribution >= 0.6 is 0 Å². The molecule has 0 unspecified atom stereocenters. The summed E-state index contributed by atoms with van der Waals surface area (Å²) in [4.78, 5) is 8.71. The molecule has 5 rings (SSSR count). The van der Waals surface area contributed by atoms with Crippen LogP contribution in [0.1, 0.15) is 0 Å². The Balaban J connectivity index is 1.96. The summed E-state index contributed by atoms with van der Waals surface area (Å²) < 4.78 is 0. The fraction of sp³-hybridized carbons (Fsp3) is 0. The lowest BCUT2D eigenvalue weighted by atomic mass is 9.93. The normalized spacial score (nSPS) is 11.3. The predicted molar refractivity (Wildman–Crippen MR) is 98.8 cm³/mol. The van der Waals surface area contributed by atoms with Gasteiger partial charge in [-0.05, 0) is 44.5 Å². The zero-order chi connectivity index (χ0) is 15.9. The van der Waals surface area contributed by atoms with Crippen molar-refractivity contribution in [1.82, 2.24) is 9.97 Å². The van der Waals surface area contributed by atoms with Crippen LogP contribution < -0.4 is 0 Å². The maximum atomic E-state index is 4.36. The van der Waals surface area contributed by atoms with E-state index < -0.39 is 0 Å². The van der Waals surface area contributed by atoms with Crippen LogP contribution in [0.3, 0.4) is 0 Å². The van der Waals surface area contributed by atoms with Crippen LogP contribution in [-0.4, -0.2) is 9.97 Å². The van der Waals surface area contributed by atoms with Gasteiger partial charge in [0.05, 0.1) is 0 Å². The summed E-state index contributed by atoms with van der Waals surface area (Å²) in [7, 11) is 0. The standard InChI is InChI=1S/C22H13N2/c1-2-8-18-16(6-1)17-7-3-4-9-19(17)21-14-15(10-11-20(18)21)22-23-12-5-13-24-22/h1-13H. The second-order valence-corrected chi connectivity index (χ2v) is 5.82. The molecule has 0 saturated carbocycles. The number of fused-ring (bicyclic) bond motifs is 6. The van der Waals surface area contributed by atoms with E-state index in [-0.39, 0.29) is 0 Å². The van der Waals surface area contributed by atoms with Crippen LogP contribution in [0.4, 0.5) is 0 Å². The van der Waals surface area contributed by atoms with Crippen molar-refractivity contribution in [2.24, 2.45) is 0 Å². The third kappa shape index (κ3) is 1.90. The first-order valence-corrected chi connectivity index (χ1v) is 7.95. The monoisotopic (exact) mass is 305 g/mol. The van der Waals surface area contributed by atoms with Crippen molar-refractivity contribution in [2.45, 2.75) is 0 Å². The highest BCUT2D eigenvalue weighted by Gasteiger charge is 2.10. The molecule has 1 heterocycles. The van der Waals surface area contributed by atoms with Gasteiger partial charge < -0.3 is 0 Å². The van der Waals surface area contributed by atoms with Gasteiger partial charge >= 0.3 is 0 Å². The van der Waals surface area contributed by atoms with Crippen molar-refractivity contribution in [3.8, 4) is 11.4 Å². The van der Waals surface area contributed by atoms with E-state index in [1.807, 2.05) is 6.07 Å². The van der Waals surface area contributed by atoms with Gasteiger partial charge in [0.2, 0.25) is 0 Å². The van der Waals surface area contributed by atoms with Crippen LogP contribution in [0.15, 0.2) is 79.1 Å². The molecule has 2 heteroatoms. The molecular formula is C22H13N2. The van der Waals surface area contributed by atoms with Crippen molar-refractivity contribution in [2.75, 3.05) is 0 Å². The molecule has 0 amide bonds. The smallest absolute Gasteiger partial charge is 0.159 e. The van der Waals surface area contributed by atoms with E-state index in [1.165, 1.54) is 26.9 Å². The maximum absolute atomic E-state index is 4.36. The Hall–Kier alpha value is -3.26. The minimum absolute atomic E-state index is 0.705. The van der Waals surface area contributed by atoms with Gasteiger partial charge in [0.1, 0.15) is 0 Å². The van der Waals surface area contributed by atoms with Crippen molar-refractivity contribution in [1.29, 1.82) is 0 Å². The molecule has 2 nitrogen and oxygen atoms in total. The summed E-state index contributed by atoms with van der Waals surface area (Å²) in [6, 6.07) is 26.6. The molecule has 0 fully saturated rings. The molecule has 0 aliphatic heterocycles. The third-order valence-corrected chi connectivity index (χ3v) is 4.46. The molecule has 4 aromatic carbocycles. The Morgan fingerprint density at radius 3 is 1.75 bits per heavy atom.